The summed E-state index contributed by atoms with van der Waals surface area (Å²) in [6.45, 7) is 4.14. The summed E-state index contributed by atoms with van der Waals surface area (Å²) in [5.74, 6) is 0.617. The fraction of sp³-hybridized carbons (Fsp3) is 0.105. The van der Waals surface area contributed by atoms with Crippen LogP contribution < -0.4 is 0 Å². The molecule has 0 spiro atoms. The summed E-state index contributed by atoms with van der Waals surface area (Å²) in [6.07, 6.45) is 6.95. The summed E-state index contributed by atoms with van der Waals surface area (Å²) in [5, 5.41) is 9.93. The number of aromatic nitrogens is 7. The summed E-state index contributed by atoms with van der Waals surface area (Å²) in [7, 11) is 0. The minimum atomic E-state index is 0.617. The van der Waals surface area contributed by atoms with Gasteiger partial charge in [-0.2, -0.15) is 5.10 Å². The number of nitrogens with zero attached hydrogens (tertiary/aromatic N) is 7. The van der Waals surface area contributed by atoms with Crippen LogP contribution in [0.4, 0.5) is 0 Å². The van der Waals surface area contributed by atoms with E-state index in [0.717, 1.165) is 33.5 Å². The third-order valence-electron chi connectivity index (χ3n) is 4.42. The van der Waals surface area contributed by atoms with Crippen molar-refractivity contribution in [2.24, 2.45) is 0 Å². The third kappa shape index (κ3) is 2.17. The quantitative estimate of drug-likeness (QED) is 0.493. The summed E-state index contributed by atoms with van der Waals surface area (Å²) < 4.78 is 3.54. The van der Waals surface area contributed by atoms with Crippen LogP contribution in [-0.4, -0.2) is 34.3 Å². The van der Waals surface area contributed by atoms with Crippen LogP contribution in [0.25, 0.3) is 33.8 Å². The fourth-order valence-electron chi connectivity index (χ4n) is 3.06. The molecule has 4 heterocycles. The van der Waals surface area contributed by atoms with Gasteiger partial charge < -0.3 is 0 Å². The Labute approximate surface area is 149 Å². The largest absolute Gasteiger partial charge is 0.264 e. The molecule has 0 bridgehead atoms. The van der Waals surface area contributed by atoms with Crippen LogP contribution in [0.2, 0.25) is 0 Å². The second-order valence-electron chi connectivity index (χ2n) is 6.27. The lowest BCUT2D eigenvalue weighted by Gasteiger charge is -2.07. The molecule has 7 nitrogen and oxygen atoms in total. The molecular weight excluding hydrogens is 326 g/mol. The fourth-order valence-corrected chi connectivity index (χ4v) is 3.06. The smallest absolute Gasteiger partial charge is 0.183 e. The zero-order chi connectivity index (χ0) is 17.7. The molecule has 0 aliphatic heterocycles. The highest BCUT2D eigenvalue weighted by molar-refractivity contribution is 5.90. The maximum absolute atomic E-state index is 4.68. The molecule has 0 saturated carbocycles. The normalized spacial score (nSPS) is 11.5. The topological polar surface area (TPSA) is 73.8 Å². The number of hydrogen-bond acceptors (Lipinski definition) is 5. The predicted octanol–water partition coefficient (Wildman–Crippen LogP) is 3.14. The van der Waals surface area contributed by atoms with Crippen LogP contribution in [0.1, 0.15) is 11.1 Å². The highest BCUT2D eigenvalue weighted by atomic mass is 15.3. The van der Waals surface area contributed by atoms with E-state index in [1.54, 1.807) is 29.4 Å². The molecule has 5 rings (SSSR count). The van der Waals surface area contributed by atoms with Gasteiger partial charge in [-0.3, -0.25) is 4.98 Å². The van der Waals surface area contributed by atoms with Crippen molar-refractivity contribution in [3.8, 4) is 17.1 Å². The van der Waals surface area contributed by atoms with Crippen molar-refractivity contribution in [2.45, 2.75) is 13.8 Å². The molecule has 0 unspecified atom stereocenters. The van der Waals surface area contributed by atoms with E-state index in [4.69, 9.17) is 0 Å². The predicted molar refractivity (Wildman–Crippen MR) is 98.1 cm³/mol. The van der Waals surface area contributed by atoms with E-state index in [1.165, 1.54) is 5.56 Å². The zero-order valence-corrected chi connectivity index (χ0v) is 14.3. The van der Waals surface area contributed by atoms with Gasteiger partial charge in [0.2, 0.25) is 0 Å². The minimum absolute atomic E-state index is 0.617. The van der Waals surface area contributed by atoms with E-state index in [-0.39, 0.29) is 0 Å². The molecule has 126 valence electrons. The van der Waals surface area contributed by atoms with Crippen LogP contribution >= 0.6 is 0 Å². The van der Waals surface area contributed by atoms with E-state index < -0.39 is 0 Å². The van der Waals surface area contributed by atoms with Crippen molar-refractivity contribution >= 4 is 16.7 Å². The van der Waals surface area contributed by atoms with Gasteiger partial charge in [0.25, 0.3) is 0 Å². The highest BCUT2D eigenvalue weighted by Crippen LogP contribution is 2.24. The Kier molecular flexibility index (Phi) is 3.08. The molecule has 1 aromatic carbocycles. The lowest BCUT2D eigenvalue weighted by molar-refractivity contribution is 0.875. The van der Waals surface area contributed by atoms with Crippen LogP contribution in [0.3, 0.4) is 0 Å². The molecule has 0 amide bonds. The van der Waals surface area contributed by atoms with Crippen molar-refractivity contribution in [2.75, 3.05) is 0 Å². The Hall–Kier alpha value is -3.61. The third-order valence-corrected chi connectivity index (χ3v) is 4.42. The first kappa shape index (κ1) is 14.7. The number of benzene rings is 1. The first-order valence-corrected chi connectivity index (χ1v) is 8.28. The Morgan fingerprint density at radius 3 is 2.77 bits per heavy atom. The molecule has 7 heteroatoms. The average Bonchev–Trinajstić information content (AvgIpc) is 3.28. The number of fused-ring (bicyclic) bond motifs is 3. The van der Waals surface area contributed by atoms with E-state index in [1.807, 2.05) is 16.8 Å². The molecule has 0 fully saturated rings. The molecule has 0 aliphatic rings. The SMILES string of the molecule is Cc1ccc(C)c(-n2ncc3c2ncn2nc(-c4cccnc4)nc32)c1. The van der Waals surface area contributed by atoms with Crippen LogP contribution in [0.5, 0.6) is 0 Å². The maximum Gasteiger partial charge on any atom is 0.183 e. The molecule has 0 aliphatic carbocycles. The lowest BCUT2D eigenvalue weighted by atomic mass is 10.1. The van der Waals surface area contributed by atoms with Gasteiger partial charge in [-0.1, -0.05) is 12.1 Å². The first-order chi connectivity index (χ1) is 12.7. The number of hydrogen-bond donors (Lipinski definition) is 0. The Bertz CT molecular complexity index is 1250. The van der Waals surface area contributed by atoms with Gasteiger partial charge in [0, 0.05) is 18.0 Å². The average molecular weight is 341 g/mol. The zero-order valence-electron chi connectivity index (χ0n) is 14.3. The maximum atomic E-state index is 4.68. The van der Waals surface area contributed by atoms with E-state index >= 15 is 0 Å². The Morgan fingerprint density at radius 1 is 1.00 bits per heavy atom. The van der Waals surface area contributed by atoms with Gasteiger partial charge in [-0.15, -0.1) is 5.10 Å². The van der Waals surface area contributed by atoms with Crippen LogP contribution in [-0.2, 0) is 0 Å². The Morgan fingerprint density at radius 2 is 1.92 bits per heavy atom. The summed E-state index contributed by atoms with van der Waals surface area (Å²) >= 11 is 0. The second-order valence-corrected chi connectivity index (χ2v) is 6.27. The van der Waals surface area contributed by atoms with E-state index in [0.29, 0.717) is 5.82 Å². The van der Waals surface area contributed by atoms with Gasteiger partial charge in [0.15, 0.2) is 17.1 Å². The molecule has 5 aromatic rings. The molecular formula is C19H15N7. The second kappa shape index (κ2) is 5.45. The summed E-state index contributed by atoms with van der Waals surface area (Å²) in [4.78, 5) is 13.4. The van der Waals surface area contributed by atoms with E-state index in [2.05, 4.69) is 57.2 Å². The first-order valence-electron chi connectivity index (χ1n) is 8.28. The van der Waals surface area contributed by atoms with Gasteiger partial charge >= 0.3 is 0 Å². The molecule has 0 radical (unpaired) electrons. The number of rotatable bonds is 2. The van der Waals surface area contributed by atoms with Crippen molar-refractivity contribution in [3.05, 3.63) is 66.4 Å². The van der Waals surface area contributed by atoms with Crippen molar-refractivity contribution in [1.82, 2.24) is 34.3 Å². The molecule has 0 N–H and O–H groups in total. The number of aryl methyl sites for hydroxylation is 2. The lowest BCUT2D eigenvalue weighted by Crippen LogP contribution is -2.01. The van der Waals surface area contributed by atoms with Crippen molar-refractivity contribution in [1.29, 1.82) is 0 Å². The molecule has 4 aromatic heterocycles. The van der Waals surface area contributed by atoms with Crippen LogP contribution in [0, 0.1) is 13.8 Å². The summed E-state index contributed by atoms with van der Waals surface area (Å²) in [6, 6.07) is 10.1. The van der Waals surface area contributed by atoms with Crippen molar-refractivity contribution in [3.63, 3.8) is 0 Å². The van der Waals surface area contributed by atoms with Gasteiger partial charge in [0.05, 0.1) is 17.3 Å². The highest BCUT2D eigenvalue weighted by Gasteiger charge is 2.15. The molecule has 26 heavy (non-hydrogen) atoms. The standard InChI is InChI=1S/C19H15N7/c1-12-5-6-13(2)16(8-12)26-18-15(10-22-26)19-23-17(24-25(19)11-21-18)14-4-3-7-20-9-14/h3-11H,1-2H3. The minimum Gasteiger partial charge on any atom is -0.264 e. The van der Waals surface area contributed by atoms with Crippen LogP contribution in [0.15, 0.2) is 55.2 Å². The monoisotopic (exact) mass is 341 g/mol. The molecule has 0 atom stereocenters. The number of pyridine rings is 1. The van der Waals surface area contributed by atoms with Gasteiger partial charge in [-0.05, 0) is 43.2 Å². The molecule has 0 saturated heterocycles. The Balaban J connectivity index is 1.74. The van der Waals surface area contributed by atoms with Gasteiger partial charge in [0.1, 0.15) is 6.33 Å². The van der Waals surface area contributed by atoms with Gasteiger partial charge in [-0.25, -0.2) is 19.2 Å². The summed E-state index contributed by atoms with van der Waals surface area (Å²) in [5.41, 5.74) is 5.69. The van der Waals surface area contributed by atoms with E-state index in [9.17, 15) is 0 Å². The van der Waals surface area contributed by atoms with Crippen molar-refractivity contribution < 1.29 is 0 Å².